The number of hydrogen-bond donors (Lipinski definition) is 2. The highest BCUT2D eigenvalue weighted by Gasteiger charge is 2.08. The highest BCUT2D eigenvalue weighted by molar-refractivity contribution is 5.56. The molecular weight excluding hydrogens is 200 g/mol. The van der Waals surface area contributed by atoms with Crippen LogP contribution in [0, 0.1) is 19.8 Å². The summed E-state index contributed by atoms with van der Waals surface area (Å²) < 4.78 is 0. The van der Waals surface area contributed by atoms with E-state index in [1.807, 2.05) is 20.9 Å². The summed E-state index contributed by atoms with van der Waals surface area (Å²) in [7, 11) is 1.88. The highest BCUT2D eigenvalue weighted by atomic mass is 15.1. The standard InChI is InChI=1S/C12H22N4/c1-6-8(2)7-14-12-9(3)11(13-5)15-10(4)16-12/h8H,6-7H2,1-5H3,(H2,13,14,15,16). The van der Waals surface area contributed by atoms with Crippen molar-refractivity contribution in [1.82, 2.24) is 9.97 Å². The zero-order valence-electron chi connectivity index (χ0n) is 10.9. The number of anilines is 2. The van der Waals surface area contributed by atoms with Crippen molar-refractivity contribution in [3.63, 3.8) is 0 Å². The molecule has 1 rings (SSSR count). The van der Waals surface area contributed by atoms with Gasteiger partial charge in [-0.1, -0.05) is 20.3 Å². The zero-order chi connectivity index (χ0) is 12.1. The molecule has 2 N–H and O–H groups in total. The Kier molecular flexibility index (Phi) is 4.52. The molecule has 0 saturated heterocycles. The van der Waals surface area contributed by atoms with Crippen LogP contribution in [-0.4, -0.2) is 23.6 Å². The lowest BCUT2D eigenvalue weighted by Crippen LogP contribution is -2.14. The number of nitrogens with one attached hydrogen (secondary N) is 2. The number of rotatable bonds is 5. The molecule has 4 heteroatoms. The molecule has 0 saturated carbocycles. The van der Waals surface area contributed by atoms with Gasteiger partial charge < -0.3 is 10.6 Å². The zero-order valence-corrected chi connectivity index (χ0v) is 10.9. The first-order valence-corrected chi connectivity index (χ1v) is 5.85. The Morgan fingerprint density at radius 3 is 2.38 bits per heavy atom. The van der Waals surface area contributed by atoms with Crippen molar-refractivity contribution in [1.29, 1.82) is 0 Å². The molecule has 1 unspecified atom stereocenters. The summed E-state index contributed by atoms with van der Waals surface area (Å²) in [4.78, 5) is 8.76. The monoisotopic (exact) mass is 222 g/mol. The molecule has 0 aromatic carbocycles. The molecule has 0 aliphatic rings. The van der Waals surface area contributed by atoms with Crippen LogP contribution >= 0.6 is 0 Å². The maximum atomic E-state index is 4.43. The van der Waals surface area contributed by atoms with Gasteiger partial charge in [-0.05, 0) is 19.8 Å². The Hall–Kier alpha value is -1.32. The summed E-state index contributed by atoms with van der Waals surface area (Å²) in [5.41, 5.74) is 1.08. The molecule has 1 aromatic rings. The minimum absolute atomic E-state index is 0.660. The van der Waals surface area contributed by atoms with Gasteiger partial charge in [0.1, 0.15) is 17.5 Å². The van der Waals surface area contributed by atoms with Crippen LogP contribution in [-0.2, 0) is 0 Å². The van der Waals surface area contributed by atoms with Crippen molar-refractivity contribution in [3.05, 3.63) is 11.4 Å². The second kappa shape index (κ2) is 5.68. The Bertz CT molecular complexity index is 349. The molecule has 0 spiro atoms. The molecule has 90 valence electrons. The largest absolute Gasteiger partial charge is 0.373 e. The molecule has 4 nitrogen and oxygen atoms in total. The minimum atomic E-state index is 0.660. The maximum absolute atomic E-state index is 4.43. The van der Waals surface area contributed by atoms with Gasteiger partial charge in [-0.15, -0.1) is 0 Å². The van der Waals surface area contributed by atoms with Crippen molar-refractivity contribution >= 4 is 11.6 Å². The summed E-state index contributed by atoms with van der Waals surface area (Å²) in [6, 6.07) is 0. The fourth-order valence-corrected chi connectivity index (χ4v) is 1.46. The van der Waals surface area contributed by atoms with E-state index in [4.69, 9.17) is 0 Å². The minimum Gasteiger partial charge on any atom is -0.373 e. The third-order valence-corrected chi connectivity index (χ3v) is 2.81. The van der Waals surface area contributed by atoms with Crippen LogP contribution < -0.4 is 10.6 Å². The van der Waals surface area contributed by atoms with Crippen LogP contribution in [0.3, 0.4) is 0 Å². The van der Waals surface area contributed by atoms with Gasteiger partial charge >= 0.3 is 0 Å². The van der Waals surface area contributed by atoms with E-state index in [-0.39, 0.29) is 0 Å². The average Bonchev–Trinajstić information content (AvgIpc) is 2.29. The molecule has 0 aliphatic carbocycles. The smallest absolute Gasteiger partial charge is 0.134 e. The van der Waals surface area contributed by atoms with Crippen molar-refractivity contribution in [3.8, 4) is 0 Å². The summed E-state index contributed by atoms with van der Waals surface area (Å²) in [5, 5.41) is 6.48. The summed E-state index contributed by atoms with van der Waals surface area (Å²) in [6.45, 7) is 9.33. The molecule has 0 amide bonds. The van der Waals surface area contributed by atoms with E-state index in [1.165, 1.54) is 6.42 Å². The second-order valence-electron chi connectivity index (χ2n) is 4.24. The van der Waals surface area contributed by atoms with E-state index >= 15 is 0 Å². The molecule has 0 radical (unpaired) electrons. The molecule has 1 heterocycles. The molecule has 0 fully saturated rings. The van der Waals surface area contributed by atoms with E-state index in [0.29, 0.717) is 5.92 Å². The van der Waals surface area contributed by atoms with Crippen LogP contribution in [0.4, 0.5) is 11.6 Å². The first kappa shape index (κ1) is 12.7. The third kappa shape index (κ3) is 3.08. The van der Waals surface area contributed by atoms with Gasteiger partial charge in [0, 0.05) is 19.2 Å². The lowest BCUT2D eigenvalue weighted by Gasteiger charge is -2.15. The molecule has 0 aliphatic heterocycles. The van der Waals surface area contributed by atoms with Crippen LogP contribution in [0.25, 0.3) is 0 Å². The van der Waals surface area contributed by atoms with Crippen molar-refractivity contribution in [2.75, 3.05) is 24.2 Å². The predicted molar refractivity (Wildman–Crippen MR) is 69.0 cm³/mol. The first-order chi connectivity index (χ1) is 7.58. The van der Waals surface area contributed by atoms with E-state index in [9.17, 15) is 0 Å². The predicted octanol–water partition coefficient (Wildman–Crippen LogP) is 2.59. The van der Waals surface area contributed by atoms with E-state index in [2.05, 4.69) is 34.4 Å². The van der Waals surface area contributed by atoms with Crippen LogP contribution in [0.15, 0.2) is 0 Å². The number of aromatic nitrogens is 2. The van der Waals surface area contributed by atoms with Crippen LogP contribution in [0.5, 0.6) is 0 Å². The Morgan fingerprint density at radius 2 is 1.81 bits per heavy atom. The number of nitrogens with zero attached hydrogens (tertiary/aromatic N) is 2. The fourth-order valence-electron chi connectivity index (χ4n) is 1.46. The molecule has 0 bridgehead atoms. The van der Waals surface area contributed by atoms with Gasteiger partial charge in [-0.3, -0.25) is 0 Å². The summed E-state index contributed by atoms with van der Waals surface area (Å²) in [6.07, 6.45) is 1.18. The highest BCUT2D eigenvalue weighted by Crippen LogP contribution is 2.19. The Balaban J connectivity index is 2.83. The summed E-state index contributed by atoms with van der Waals surface area (Å²) in [5.74, 6) is 3.30. The fraction of sp³-hybridized carbons (Fsp3) is 0.667. The quantitative estimate of drug-likeness (QED) is 0.804. The number of hydrogen-bond acceptors (Lipinski definition) is 4. The normalized spacial score (nSPS) is 12.3. The van der Waals surface area contributed by atoms with E-state index in [0.717, 1.165) is 29.6 Å². The molecular formula is C12H22N4. The van der Waals surface area contributed by atoms with Gasteiger partial charge in [0.2, 0.25) is 0 Å². The average molecular weight is 222 g/mol. The maximum Gasteiger partial charge on any atom is 0.134 e. The topological polar surface area (TPSA) is 49.8 Å². The van der Waals surface area contributed by atoms with E-state index in [1.54, 1.807) is 0 Å². The molecule has 1 aromatic heterocycles. The Labute approximate surface area is 97.9 Å². The Morgan fingerprint density at radius 1 is 1.19 bits per heavy atom. The van der Waals surface area contributed by atoms with Gasteiger partial charge in [0.05, 0.1) is 0 Å². The lowest BCUT2D eigenvalue weighted by atomic mass is 10.1. The van der Waals surface area contributed by atoms with Crippen LogP contribution in [0.1, 0.15) is 31.7 Å². The lowest BCUT2D eigenvalue weighted by molar-refractivity contribution is 0.592. The molecule has 1 atom stereocenters. The van der Waals surface area contributed by atoms with Gasteiger partial charge in [-0.2, -0.15) is 0 Å². The SMILES string of the molecule is CCC(C)CNc1nc(C)nc(NC)c1C. The van der Waals surface area contributed by atoms with Gasteiger partial charge in [0.25, 0.3) is 0 Å². The van der Waals surface area contributed by atoms with Crippen molar-refractivity contribution in [2.24, 2.45) is 5.92 Å². The van der Waals surface area contributed by atoms with E-state index < -0.39 is 0 Å². The van der Waals surface area contributed by atoms with Crippen molar-refractivity contribution < 1.29 is 0 Å². The third-order valence-electron chi connectivity index (χ3n) is 2.81. The van der Waals surface area contributed by atoms with Crippen LogP contribution in [0.2, 0.25) is 0 Å². The van der Waals surface area contributed by atoms with Gasteiger partial charge in [-0.25, -0.2) is 9.97 Å². The van der Waals surface area contributed by atoms with Gasteiger partial charge in [0.15, 0.2) is 0 Å². The second-order valence-corrected chi connectivity index (χ2v) is 4.24. The number of aryl methyl sites for hydroxylation is 1. The first-order valence-electron chi connectivity index (χ1n) is 5.85. The summed E-state index contributed by atoms with van der Waals surface area (Å²) >= 11 is 0. The van der Waals surface area contributed by atoms with Crippen molar-refractivity contribution in [2.45, 2.75) is 34.1 Å². The molecule has 16 heavy (non-hydrogen) atoms.